The lowest BCUT2D eigenvalue weighted by Gasteiger charge is -2.28. The van der Waals surface area contributed by atoms with Crippen LogP contribution in [-0.4, -0.2) is 25.8 Å². The molecule has 0 spiro atoms. The van der Waals surface area contributed by atoms with Gasteiger partial charge in [0.05, 0.1) is 12.0 Å². The zero-order chi connectivity index (χ0) is 9.97. The van der Waals surface area contributed by atoms with Crippen molar-refractivity contribution in [1.29, 1.82) is 0 Å². The summed E-state index contributed by atoms with van der Waals surface area (Å²) in [4.78, 5) is 14.8. The molecule has 1 N–H and O–H groups in total. The molecule has 1 saturated carbocycles. The predicted octanol–water partition coefficient (Wildman–Crippen LogP) is 1.09. The molecule has 0 unspecified atom stereocenters. The van der Waals surface area contributed by atoms with Crippen molar-refractivity contribution in [3.8, 4) is 0 Å². The fraction of sp³-hybridized carbons (Fsp3) is 0.667. The molecule has 0 saturated heterocycles. The van der Waals surface area contributed by atoms with Gasteiger partial charge in [-0.05, 0) is 12.8 Å². The summed E-state index contributed by atoms with van der Waals surface area (Å²) in [5.41, 5.74) is 0. The minimum Gasteiger partial charge on any atom is -0.481 e. The number of carboxylic acids is 1. The lowest BCUT2D eigenvalue weighted by atomic mass is 9.85. The van der Waals surface area contributed by atoms with Crippen molar-refractivity contribution in [2.24, 2.45) is 5.92 Å². The smallest absolute Gasteiger partial charge is 0.308 e. The van der Waals surface area contributed by atoms with Gasteiger partial charge >= 0.3 is 5.97 Å². The number of carboxylic acid groups (broad SMARTS) is 1. The van der Waals surface area contributed by atoms with Gasteiger partial charge in [-0.3, -0.25) is 4.79 Å². The van der Waals surface area contributed by atoms with Gasteiger partial charge in [0, 0.05) is 0 Å². The molecule has 1 heterocycles. The Morgan fingerprint density at radius 2 is 2.21 bits per heavy atom. The molecule has 5 nitrogen and oxygen atoms in total. The van der Waals surface area contributed by atoms with Crippen molar-refractivity contribution in [3.05, 3.63) is 12.7 Å². The molecule has 14 heavy (non-hydrogen) atoms. The molecule has 0 bridgehead atoms. The quantitative estimate of drug-likeness (QED) is 0.767. The fourth-order valence-corrected chi connectivity index (χ4v) is 2.10. The Morgan fingerprint density at radius 3 is 2.86 bits per heavy atom. The van der Waals surface area contributed by atoms with E-state index in [2.05, 4.69) is 10.1 Å². The Hall–Kier alpha value is -1.39. The first kappa shape index (κ1) is 9.18. The molecule has 5 heteroatoms. The lowest BCUT2D eigenvalue weighted by molar-refractivity contribution is -0.144. The topological polar surface area (TPSA) is 68.0 Å². The third kappa shape index (κ3) is 1.62. The Bertz CT molecular complexity index is 310. The zero-order valence-electron chi connectivity index (χ0n) is 7.83. The highest BCUT2D eigenvalue weighted by Crippen LogP contribution is 2.33. The van der Waals surface area contributed by atoms with Crippen LogP contribution in [0.25, 0.3) is 0 Å². The highest BCUT2D eigenvalue weighted by Gasteiger charge is 2.32. The highest BCUT2D eigenvalue weighted by atomic mass is 16.4. The van der Waals surface area contributed by atoms with Crippen LogP contribution in [0.3, 0.4) is 0 Å². The van der Waals surface area contributed by atoms with Crippen LogP contribution >= 0.6 is 0 Å². The van der Waals surface area contributed by atoms with Gasteiger partial charge in [0.25, 0.3) is 0 Å². The summed E-state index contributed by atoms with van der Waals surface area (Å²) in [5.74, 6) is -1.02. The predicted molar refractivity (Wildman–Crippen MR) is 48.7 cm³/mol. The second-order valence-electron chi connectivity index (χ2n) is 3.67. The normalized spacial score (nSPS) is 27.4. The first-order valence-electron chi connectivity index (χ1n) is 4.86. The number of rotatable bonds is 2. The van der Waals surface area contributed by atoms with E-state index in [1.54, 1.807) is 11.0 Å². The van der Waals surface area contributed by atoms with Gasteiger partial charge in [-0.2, -0.15) is 5.10 Å². The SMILES string of the molecule is O=C(O)[C@@H]1CCCC[C@H]1n1cncn1. The summed E-state index contributed by atoms with van der Waals surface area (Å²) >= 11 is 0. The maximum absolute atomic E-state index is 11.0. The van der Waals surface area contributed by atoms with Crippen LogP contribution < -0.4 is 0 Å². The van der Waals surface area contributed by atoms with Gasteiger partial charge in [0.1, 0.15) is 12.7 Å². The van der Waals surface area contributed by atoms with Crippen molar-refractivity contribution < 1.29 is 9.90 Å². The molecule has 1 aliphatic carbocycles. The van der Waals surface area contributed by atoms with Crippen LogP contribution in [0.5, 0.6) is 0 Å². The molecule has 76 valence electrons. The molecule has 2 rings (SSSR count). The van der Waals surface area contributed by atoms with Crippen LogP contribution in [0.15, 0.2) is 12.7 Å². The molecular weight excluding hydrogens is 182 g/mol. The fourth-order valence-electron chi connectivity index (χ4n) is 2.10. The minimum absolute atomic E-state index is 0.0104. The third-order valence-electron chi connectivity index (χ3n) is 2.82. The summed E-state index contributed by atoms with van der Waals surface area (Å²) in [6.07, 6.45) is 6.77. The van der Waals surface area contributed by atoms with Crippen molar-refractivity contribution in [1.82, 2.24) is 14.8 Å². The zero-order valence-corrected chi connectivity index (χ0v) is 7.83. The van der Waals surface area contributed by atoms with E-state index in [9.17, 15) is 4.79 Å². The maximum Gasteiger partial charge on any atom is 0.308 e. The summed E-state index contributed by atoms with van der Waals surface area (Å²) in [5, 5.41) is 13.1. The number of nitrogens with zero attached hydrogens (tertiary/aromatic N) is 3. The van der Waals surface area contributed by atoms with E-state index < -0.39 is 5.97 Å². The first-order valence-corrected chi connectivity index (χ1v) is 4.86. The number of hydrogen-bond donors (Lipinski definition) is 1. The lowest BCUT2D eigenvalue weighted by Crippen LogP contribution is -2.29. The average Bonchev–Trinajstić information content (AvgIpc) is 2.70. The second-order valence-corrected chi connectivity index (χ2v) is 3.67. The van der Waals surface area contributed by atoms with Gasteiger partial charge in [-0.1, -0.05) is 12.8 Å². The molecule has 1 aliphatic rings. The minimum atomic E-state index is -0.717. The molecule has 0 aromatic carbocycles. The standard InChI is InChI=1S/C9H13N3O2/c13-9(14)7-3-1-2-4-8(7)12-6-10-5-11-12/h5-8H,1-4H2,(H,13,14)/t7-,8-/m1/s1. The van der Waals surface area contributed by atoms with Crippen LogP contribution in [0.4, 0.5) is 0 Å². The van der Waals surface area contributed by atoms with Gasteiger partial charge in [-0.15, -0.1) is 0 Å². The average molecular weight is 195 g/mol. The molecule has 1 aromatic rings. The molecule has 0 radical (unpaired) electrons. The number of hydrogen-bond acceptors (Lipinski definition) is 3. The largest absolute Gasteiger partial charge is 0.481 e. The monoisotopic (exact) mass is 195 g/mol. The Kier molecular flexibility index (Phi) is 2.47. The number of aliphatic carboxylic acids is 1. The molecule has 0 amide bonds. The van der Waals surface area contributed by atoms with Crippen molar-refractivity contribution in [2.45, 2.75) is 31.7 Å². The summed E-state index contributed by atoms with van der Waals surface area (Å²) in [7, 11) is 0. The second kappa shape index (κ2) is 3.77. The van der Waals surface area contributed by atoms with E-state index >= 15 is 0 Å². The maximum atomic E-state index is 11.0. The molecule has 0 aliphatic heterocycles. The summed E-state index contributed by atoms with van der Waals surface area (Å²) < 4.78 is 1.68. The first-order chi connectivity index (χ1) is 6.79. The van der Waals surface area contributed by atoms with E-state index in [1.165, 1.54) is 6.33 Å². The molecule has 1 aromatic heterocycles. The van der Waals surface area contributed by atoms with Gasteiger partial charge in [0.2, 0.25) is 0 Å². The Morgan fingerprint density at radius 1 is 1.43 bits per heavy atom. The van der Waals surface area contributed by atoms with E-state index in [-0.39, 0.29) is 12.0 Å². The van der Waals surface area contributed by atoms with Crippen molar-refractivity contribution >= 4 is 5.97 Å². The van der Waals surface area contributed by atoms with Crippen LogP contribution in [-0.2, 0) is 4.79 Å². The van der Waals surface area contributed by atoms with Crippen LogP contribution in [0.1, 0.15) is 31.7 Å². The van der Waals surface area contributed by atoms with E-state index in [1.807, 2.05) is 0 Å². The Balaban J connectivity index is 2.18. The summed E-state index contributed by atoms with van der Waals surface area (Å²) in [6.45, 7) is 0. The molecule has 2 atom stereocenters. The molecule has 1 fully saturated rings. The summed E-state index contributed by atoms with van der Waals surface area (Å²) in [6, 6.07) is -0.0104. The van der Waals surface area contributed by atoms with Gasteiger partial charge in [0.15, 0.2) is 0 Å². The highest BCUT2D eigenvalue weighted by molar-refractivity contribution is 5.70. The third-order valence-corrected chi connectivity index (χ3v) is 2.82. The van der Waals surface area contributed by atoms with Gasteiger partial charge < -0.3 is 5.11 Å². The molecular formula is C9H13N3O2. The Labute approximate surface area is 81.8 Å². The van der Waals surface area contributed by atoms with Crippen LogP contribution in [0.2, 0.25) is 0 Å². The van der Waals surface area contributed by atoms with Gasteiger partial charge in [-0.25, -0.2) is 9.67 Å². The van der Waals surface area contributed by atoms with Crippen molar-refractivity contribution in [3.63, 3.8) is 0 Å². The van der Waals surface area contributed by atoms with E-state index in [0.717, 1.165) is 25.7 Å². The van der Waals surface area contributed by atoms with E-state index in [4.69, 9.17) is 5.11 Å². The van der Waals surface area contributed by atoms with E-state index in [0.29, 0.717) is 0 Å². The van der Waals surface area contributed by atoms with Crippen molar-refractivity contribution in [2.75, 3.05) is 0 Å². The van der Waals surface area contributed by atoms with Crippen LogP contribution in [0, 0.1) is 5.92 Å². The number of aromatic nitrogens is 3. The number of carbonyl (C=O) groups is 1.